The van der Waals surface area contributed by atoms with E-state index >= 15 is 0 Å². The fraction of sp³-hybridized carbons (Fsp3) is 0.489. The van der Waals surface area contributed by atoms with Crippen molar-refractivity contribution in [1.29, 1.82) is 0 Å². The van der Waals surface area contributed by atoms with Gasteiger partial charge in [-0.1, -0.05) is 56.3 Å². The Morgan fingerprint density at radius 1 is 0.806 bits per heavy atom. The molecule has 4 fully saturated rings. The zero-order valence-electron chi connectivity index (χ0n) is 35.8. The molecule has 0 radical (unpaired) electrons. The summed E-state index contributed by atoms with van der Waals surface area (Å²) in [5.74, 6) is 1.48. The van der Waals surface area contributed by atoms with Crippen LogP contribution in [0.3, 0.4) is 0 Å². The first-order chi connectivity index (χ1) is 30.1. The molecule has 4 amide bonds. The minimum Gasteiger partial charge on any atom is -0.453 e. The van der Waals surface area contributed by atoms with Gasteiger partial charge in [-0.05, 0) is 103 Å². The molecule has 2 aromatic heterocycles. The van der Waals surface area contributed by atoms with E-state index < -0.39 is 24.3 Å². The molecular weight excluding hydrogens is 789 g/mol. The van der Waals surface area contributed by atoms with Crippen molar-refractivity contribution in [2.75, 3.05) is 34.0 Å². The van der Waals surface area contributed by atoms with Crippen LogP contribution in [0.1, 0.15) is 88.9 Å². The van der Waals surface area contributed by atoms with E-state index in [2.05, 4.69) is 75.2 Å². The predicted molar refractivity (Wildman–Crippen MR) is 233 cm³/mol. The van der Waals surface area contributed by atoms with Gasteiger partial charge in [0.2, 0.25) is 11.8 Å². The number of nitrogens with zero attached hydrogens (tertiary/aromatic N) is 4. The molecule has 5 heterocycles. The molecule has 62 heavy (non-hydrogen) atoms. The summed E-state index contributed by atoms with van der Waals surface area (Å²) in [5.41, 5.74) is 5.77. The lowest BCUT2D eigenvalue weighted by atomic mass is 9.89. The molecule has 3 aromatic carbocycles. The van der Waals surface area contributed by atoms with Gasteiger partial charge in [0, 0.05) is 31.2 Å². The van der Waals surface area contributed by atoms with E-state index in [1.54, 1.807) is 0 Å². The van der Waals surface area contributed by atoms with Gasteiger partial charge in [-0.15, -0.1) is 0 Å². The number of aromatic amines is 2. The molecule has 6 atom stereocenters. The summed E-state index contributed by atoms with van der Waals surface area (Å²) in [6.45, 7) is 5.56. The van der Waals surface area contributed by atoms with Crippen molar-refractivity contribution < 1.29 is 33.4 Å². The lowest BCUT2D eigenvalue weighted by Crippen LogP contribution is -2.55. The summed E-state index contributed by atoms with van der Waals surface area (Å²) < 4.78 is 15.3. The van der Waals surface area contributed by atoms with Crippen molar-refractivity contribution in [3.63, 3.8) is 0 Å². The Morgan fingerprint density at radius 2 is 1.55 bits per heavy atom. The van der Waals surface area contributed by atoms with Crippen LogP contribution in [0.25, 0.3) is 44.2 Å². The number of carbonyl (C=O) groups is 4. The van der Waals surface area contributed by atoms with E-state index in [-0.39, 0.29) is 41.8 Å². The summed E-state index contributed by atoms with van der Waals surface area (Å²) in [6, 6.07) is 17.3. The zero-order chi connectivity index (χ0) is 43.1. The Hall–Kier alpha value is -5.96. The number of likely N-dealkylation sites (tertiary alicyclic amines) is 2. The van der Waals surface area contributed by atoms with Gasteiger partial charge in [0.1, 0.15) is 23.7 Å². The SMILES string of the molecule is COC(=O)N[C@H](C(=O)N1[C@@H]2CC[C@@H](C2)[C@H]1c1ncc(-c2ccc(-c3ccc4c(ccc5[nH]c(C6CCCCN6C(=O)[C@@H](NC(=O)OC)C6CCOCC6)nc54)c3)cc2)[nH]1)C(C)C. The second-order valence-electron chi connectivity index (χ2n) is 17.7. The first-order valence-corrected chi connectivity index (χ1v) is 22.1. The van der Waals surface area contributed by atoms with Crippen molar-refractivity contribution >= 4 is 45.8 Å². The number of hydrogen-bond donors (Lipinski definition) is 4. The molecule has 2 bridgehead atoms. The molecule has 4 N–H and O–H groups in total. The molecular formula is C47H56N8O7. The third-order valence-corrected chi connectivity index (χ3v) is 13.7. The second-order valence-corrected chi connectivity index (χ2v) is 17.7. The quantitative estimate of drug-likeness (QED) is 0.111. The van der Waals surface area contributed by atoms with Crippen LogP contribution in [-0.2, 0) is 23.8 Å². The lowest BCUT2D eigenvalue weighted by Gasteiger charge is -2.39. The third-order valence-electron chi connectivity index (χ3n) is 13.7. The maximum atomic E-state index is 14.3. The lowest BCUT2D eigenvalue weighted by molar-refractivity contribution is -0.140. The highest BCUT2D eigenvalue weighted by molar-refractivity contribution is 6.05. The summed E-state index contributed by atoms with van der Waals surface area (Å²) in [6.07, 6.45) is 7.55. The van der Waals surface area contributed by atoms with Gasteiger partial charge in [0.25, 0.3) is 0 Å². The van der Waals surface area contributed by atoms with Crippen LogP contribution in [0.5, 0.6) is 0 Å². The summed E-state index contributed by atoms with van der Waals surface area (Å²) in [7, 11) is 2.62. The number of aromatic nitrogens is 4. The minimum absolute atomic E-state index is 0.0363. The van der Waals surface area contributed by atoms with Gasteiger partial charge in [0.15, 0.2) is 0 Å². The van der Waals surface area contributed by atoms with Gasteiger partial charge in [-0.25, -0.2) is 19.6 Å². The highest BCUT2D eigenvalue weighted by Crippen LogP contribution is 2.50. The van der Waals surface area contributed by atoms with Crippen molar-refractivity contribution in [2.24, 2.45) is 17.8 Å². The standard InChI is InChI=1S/C47H56N8O7/c1-26(2)38(52-46(58)60-3)45(57)55-33-15-12-32(24-33)41(55)43-48-25-36(50-43)28-10-8-27(9-11-28)30-13-16-34-31(23-30)14-17-35-40(34)51-42(49-35)37-7-5-6-20-54(37)44(56)39(53-47(59)61-4)29-18-21-62-22-19-29/h8-11,13-14,16-17,23,25-26,29,32-33,37-39,41H,5-7,12,15,18-22,24H2,1-4H3,(H,48,50)(H,49,51)(H,52,58)(H,53,59)/t32-,33+,37?,38-,39-,41-/m0/s1. The maximum Gasteiger partial charge on any atom is 0.407 e. The number of methoxy groups -OCH3 is 2. The van der Waals surface area contributed by atoms with Crippen LogP contribution >= 0.6 is 0 Å². The Labute approximate surface area is 360 Å². The van der Waals surface area contributed by atoms with E-state index in [9.17, 15) is 19.2 Å². The molecule has 4 aliphatic rings. The fourth-order valence-electron chi connectivity index (χ4n) is 10.4. The number of rotatable bonds is 10. The number of carbonyl (C=O) groups excluding carboxylic acids is 4. The fourth-order valence-corrected chi connectivity index (χ4v) is 10.4. The number of hydrogen-bond acceptors (Lipinski definition) is 9. The second kappa shape index (κ2) is 17.4. The number of piperidine rings is 2. The number of fused-ring (bicyclic) bond motifs is 5. The average molecular weight is 845 g/mol. The maximum absolute atomic E-state index is 14.3. The number of amides is 4. The first kappa shape index (κ1) is 41.4. The van der Waals surface area contributed by atoms with Crippen LogP contribution < -0.4 is 10.6 Å². The summed E-state index contributed by atoms with van der Waals surface area (Å²) >= 11 is 0. The minimum atomic E-state index is -0.696. The molecule has 3 aliphatic heterocycles. The number of ether oxygens (including phenoxy) is 3. The predicted octanol–water partition coefficient (Wildman–Crippen LogP) is 7.41. The van der Waals surface area contributed by atoms with Crippen molar-refractivity contribution in [3.05, 3.63) is 72.4 Å². The Bertz CT molecular complexity index is 2460. The first-order valence-electron chi connectivity index (χ1n) is 22.1. The molecule has 326 valence electrons. The zero-order valence-corrected chi connectivity index (χ0v) is 35.8. The highest BCUT2D eigenvalue weighted by Gasteiger charge is 2.51. The Balaban J connectivity index is 0.927. The van der Waals surface area contributed by atoms with Crippen LogP contribution in [0.4, 0.5) is 9.59 Å². The van der Waals surface area contributed by atoms with E-state index in [0.29, 0.717) is 38.5 Å². The van der Waals surface area contributed by atoms with E-state index in [1.807, 2.05) is 29.8 Å². The largest absolute Gasteiger partial charge is 0.453 e. The molecule has 9 rings (SSSR count). The molecule has 1 aliphatic carbocycles. The molecule has 1 unspecified atom stereocenters. The normalized spacial score (nSPS) is 22.5. The van der Waals surface area contributed by atoms with Crippen LogP contribution in [0.2, 0.25) is 0 Å². The van der Waals surface area contributed by atoms with Crippen molar-refractivity contribution in [2.45, 2.75) is 95.4 Å². The van der Waals surface area contributed by atoms with Crippen molar-refractivity contribution in [3.8, 4) is 22.4 Å². The van der Waals surface area contributed by atoms with Crippen LogP contribution in [0, 0.1) is 17.8 Å². The average Bonchev–Trinajstić information content (AvgIpc) is 4.14. The number of benzene rings is 3. The molecule has 15 nitrogen and oxygen atoms in total. The molecule has 0 spiro atoms. The smallest absolute Gasteiger partial charge is 0.407 e. The highest BCUT2D eigenvalue weighted by atomic mass is 16.5. The van der Waals surface area contributed by atoms with Gasteiger partial charge in [0.05, 0.1) is 49.2 Å². The van der Waals surface area contributed by atoms with Gasteiger partial charge in [-0.3, -0.25) is 9.59 Å². The van der Waals surface area contributed by atoms with Gasteiger partial charge in [-0.2, -0.15) is 0 Å². The van der Waals surface area contributed by atoms with Crippen molar-refractivity contribution in [1.82, 2.24) is 40.4 Å². The summed E-state index contributed by atoms with van der Waals surface area (Å²) in [4.78, 5) is 73.7. The van der Waals surface area contributed by atoms with E-state index in [4.69, 9.17) is 24.2 Å². The molecule has 5 aromatic rings. The van der Waals surface area contributed by atoms with E-state index in [1.165, 1.54) is 14.2 Å². The molecule has 3 saturated heterocycles. The van der Waals surface area contributed by atoms with Gasteiger partial charge >= 0.3 is 12.2 Å². The molecule has 15 heteroatoms. The van der Waals surface area contributed by atoms with E-state index in [0.717, 1.165) is 94.4 Å². The molecule has 1 saturated carbocycles. The monoisotopic (exact) mass is 844 g/mol. The van der Waals surface area contributed by atoms with Gasteiger partial charge < -0.3 is 44.6 Å². The number of imidazole rings is 2. The summed E-state index contributed by atoms with van der Waals surface area (Å²) in [5, 5.41) is 7.69. The number of nitrogens with one attached hydrogen (secondary N) is 4. The number of alkyl carbamates (subject to hydrolysis) is 2. The topological polar surface area (TPSA) is 184 Å². The third kappa shape index (κ3) is 7.86. The number of H-pyrrole nitrogens is 2. The Kier molecular flexibility index (Phi) is 11.6. The van der Waals surface area contributed by atoms with Crippen LogP contribution in [-0.4, -0.2) is 106 Å². The van der Waals surface area contributed by atoms with Crippen LogP contribution in [0.15, 0.2) is 60.8 Å². The Morgan fingerprint density at radius 3 is 2.31 bits per heavy atom.